The Morgan fingerprint density at radius 3 is 2.68 bits per heavy atom. The Labute approximate surface area is 128 Å². The van der Waals surface area contributed by atoms with Crippen molar-refractivity contribution in [3.05, 3.63) is 41.6 Å². The Hall–Kier alpha value is -2.57. The summed E-state index contributed by atoms with van der Waals surface area (Å²) in [6.07, 6.45) is -0.248. The third kappa shape index (κ3) is 3.19. The molecule has 0 radical (unpaired) electrons. The number of benzene rings is 1. The van der Waals surface area contributed by atoms with Crippen LogP contribution < -0.4 is 5.32 Å². The highest BCUT2D eigenvalue weighted by molar-refractivity contribution is 5.69. The van der Waals surface area contributed by atoms with Gasteiger partial charge in [0.2, 0.25) is 11.8 Å². The number of carbonyl (C=O) groups is 1. The van der Waals surface area contributed by atoms with Crippen LogP contribution in [0.4, 0.5) is 10.5 Å². The van der Waals surface area contributed by atoms with Crippen molar-refractivity contribution >= 4 is 11.8 Å². The zero-order valence-electron chi connectivity index (χ0n) is 12.6. The van der Waals surface area contributed by atoms with Crippen LogP contribution in [-0.4, -0.2) is 34.3 Å². The lowest BCUT2D eigenvalue weighted by Crippen LogP contribution is -2.23. The number of hydrogen-bond acceptors (Lipinski definition) is 6. The number of rotatable bonds is 5. The summed E-state index contributed by atoms with van der Waals surface area (Å²) < 4.78 is 10.3. The van der Waals surface area contributed by atoms with Gasteiger partial charge < -0.3 is 19.4 Å². The van der Waals surface area contributed by atoms with Gasteiger partial charge in [0.05, 0.1) is 6.54 Å². The van der Waals surface area contributed by atoms with Crippen molar-refractivity contribution in [2.75, 3.05) is 18.5 Å². The number of cyclic esters (lactones) is 1. The molecule has 1 aromatic heterocycles. The van der Waals surface area contributed by atoms with Crippen molar-refractivity contribution in [3.8, 4) is 0 Å². The minimum absolute atomic E-state index is 0.0689. The van der Waals surface area contributed by atoms with E-state index in [9.17, 15) is 4.79 Å². The Morgan fingerprint density at radius 1 is 1.32 bits per heavy atom. The van der Waals surface area contributed by atoms with E-state index in [1.807, 2.05) is 31.2 Å². The van der Waals surface area contributed by atoms with Crippen molar-refractivity contribution in [2.45, 2.75) is 26.4 Å². The molecule has 0 spiro atoms. The van der Waals surface area contributed by atoms with E-state index in [0.717, 1.165) is 11.3 Å². The van der Waals surface area contributed by atoms with Crippen molar-refractivity contribution in [3.63, 3.8) is 0 Å². The summed E-state index contributed by atoms with van der Waals surface area (Å²) in [5, 5.41) is 11.1. The number of ether oxygens (including phenoxy) is 1. The van der Waals surface area contributed by atoms with Crippen LogP contribution >= 0.6 is 0 Å². The maximum atomic E-state index is 11.4. The van der Waals surface area contributed by atoms with Crippen molar-refractivity contribution in [2.24, 2.45) is 0 Å². The molecule has 1 fully saturated rings. The molecule has 0 bridgehead atoms. The van der Waals surface area contributed by atoms with Crippen LogP contribution in [0.1, 0.15) is 30.3 Å². The number of aromatic nitrogens is 2. The van der Waals surface area contributed by atoms with E-state index in [1.54, 1.807) is 11.8 Å². The first-order chi connectivity index (χ1) is 10.6. The zero-order chi connectivity index (χ0) is 15.5. The number of amides is 1. The highest BCUT2D eigenvalue weighted by Crippen LogP contribution is 2.19. The molecule has 1 aromatic carbocycles. The number of hydrogen-bond donors (Lipinski definition) is 1. The van der Waals surface area contributed by atoms with Crippen LogP contribution in [0.3, 0.4) is 0 Å². The Morgan fingerprint density at radius 2 is 2.09 bits per heavy atom. The van der Waals surface area contributed by atoms with Crippen LogP contribution in [0.25, 0.3) is 0 Å². The van der Waals surface area contributed by atoms with E-state index in [0.29, 0.717) is 31.5 Å². The molecule has 116 valence electrons. The molecule has 2 heterocycles. The molecule has 2 aromatic rings. The normalized spacial score (nSPS) is 15.7. The zero-order valence-corrected chi connectivity index (χ0v) is 12.6. The first-order valence-corrected chi connectivity index (χ1v) is 7.19. The van der Waals surface area contributed by atoms with Gasteiger partial charge in [-0.15, -0.1) is 10.2 Å². The fourth-order valence-corrected chi connectivity index (χ4v) is 2.29. The van der Waals surface area contributed by atoms with Gasteiger partial charge in [-0.2, -0.15) is 0 Å². The summed E-state index contributed by atoms with van der Waals surface area (Å²) in [6.45, 7) is 5.41. The first-order valence-electron chi connectivity index (χ1n) is 7.19. The molecule has 7 heteroatoms. The number of anilines is 1. The van der Waals surface area contributed by atoms with Gasteiger partial charge in [-0.3, -0.25) is 0 Å². The molecule has 1 aliphatic heterocycles. The average molecular weight is 302 g/mol. The maximum absolute atomic E-state index is 11.4. The second-order valence-corrected chi connectivity index (χ2v) is 5.26. The van der Waals surface area contributed by atoms with Crippen LogP contribution in [0.2, 0.25) is 0 Å². The SMILES string of the molecule is Cc1nnc([C@@H](C)Nc2ccc(CN3CCOC3=O)cc2)o1. The summed E-state index contributed by atoms with van der Waals surface area (Å²) in [5.74, 6) is 1.11. The van der Waals surface area contributed by atoms with Crippen molar-refractivity contribution < 1.29 is 13.9 Å². The molecule has 1 saturated heterocycles. The third-order valence-corrected chi connectivity index (χ3v) is 3.47. The molecule has 0 aliphatic carbocycles. The van der Waals surface area contributed by atoms with Gasteiger partial charge in [-0.1, -0.05) is 12.1 Å². The third-order valence-electron chi connectivity index (χ3n) is 3.47. The van der Waals surface area contributed by atoms with Gasteiger partial charge in [0.15, 0.2) is 0 Å². The molecule has 1 atom stereocenters. The smallest absolute Gasteiger partial charge is 0.410 e. The molecule has 1 N–H and O–H groups in total. The minimum Gasteiger partial charge on any atom is -0.448 e. The first kappa shape index (κ1) is 14.4. The molecule has 22 heavy (non-hydrogen) atoms. The topological polar surface area (TPSA) is 80.5 Å². The molecular weight excluding hydrogens is 284 g/mol. The highest BCUT2D eigenvalue weighted by atomic mass is 16.6. The monoisotopic (exact) mass is 302 g/mol. The van der Waals surface area contributed by atoms with Crippen LogP contribution in [0.15, 0.2) is 28.7 Å². The lowest BCUT2D eigenvalue weighted by Gasteiger charge is -2.14. The summed E-state index contributed by atoms with van der Waals surface area (Å²) in [7, 11) is 0. The molecule has 1 amide bonds. The van der Waals surface area contributed by atoms with Gasteiger partial charge >= 0.3 is 6.09 Å². The number of nitrogens with one attached hydrogen (secondary N) is 1. The van der Waals surface area contributed by atoms with E-state index < -0.39 is 0 Å². The molecule has 0 unspecified atom stereocenters. The second-order valence-electron chi connectivity index (χ2n) is 5.26. The summed E-state index contributed by atoms with van der Waals surface area (Å²) in [6, 6.07) is 7.84. The van der Waals surface area contributed by atoms with Crippen LogP contribution in [0.5, 0.6) is 0 Å². The van der Waals surface area contributed by atoms with E-state index in [2.05, 4.69) is 15.5 Å². The maximum Gasteiger partial charge on any atom is 0.410 e. The summed E-state index contributed by atoms with van der Waals surface area (Å²) in [5.41, 5.74) is 2.02. The molecular formula is C15H18N4O3. The summed E-state index contributed by atoms with van der Waals surface area (Å²) in [4.78, 5) is 13.1. The van der Waals surface area contributed by atoms with Crippen molar-refractivity contribution in [1.82, 2.24) is 15.1 Å². The van der Waals surface area contributed by atoms with Crippen molar-refractivity contribution in [1.29, 1.82) is 0 Å². The van der Waals surface area contributed by atoms with Gasteiger partial charge in [-0.05, 0) is 24.6 Å². The molecule has 7 nitrogen and oxygen atoms in total. The molecule has 0 saturated carbocycles. The lowest BCUT2D eigenvalue weighted by atomic mass is 10.2. The van der Waals surface area contributed by atoms with Gasteiger partial charge in [0.25, 0.3) is 0 Å². The number of aryl methyl sites for hydroxylation is 1. The Bertz CT molecular complexity index is 653. The van der Waals surface area contributed by atoms with E-state index >= 15 is 0 Å². The predicted octanol–water partition coefficient (Wildman–Crippen LogP) is 2.50. The fraction of sp³-hybridized carbons (Fsp3) is 0.400. The number of nitrogens with zero attached hydrogens (tertiary/aromatic N) is 3. The van der Waals surface area contributed by atoms with Crippen LogP contribution in [-0.2, 0) is 11.3 Å². The number of carbonyl (C=O) groups excluding carboxylic acids is 1. The van der Waals surface area contributed by atoms with E-state index in [1.165, 1.54) is 0 Å². The fourth-order valence-electron chi connectivity index (χ4n) is 2.29. The van der Waals surface area contributed by atoms with E-state index in [4.69, 9.17) is 9.15 Å². The van der Waals surface area contributed by atoms with Gasteiger partial charge in [0, 0.05) is 19.2 Å². The minimum atomic E-state index is -0.248. The van der Waals surface area contributed by atoms with E-state index in [-0.39, 0.29) is 12.1 Å². The standard InChI is InChI=1S/C15H18N4O3/c1-10(14-18-17-11(2)22-14)16-13-5-3-12(4-6-13)9-19-7-8-21-15(19)20/h3-6,10,16H,7-9H2,1-2H3/t10-/m1/s1. The quantitative estimate of drug-likeness (QED) is 0.914. The molecule has 3 rings (SSSR count). The van der Waals surface area contributed by atoms with Crippen LogP contribution in [0, 0.1) is 6.92 Å². The second kappa shape index (κ2) is 6.05. The van der Waals surface area contributed by atoms with Gasteiger partial charge in [-0.25, -0.2) is 4.79 Å². The summed E-state index contributed by atoms with van der Waals surface area (Å²) >= 11 is 0. The average Bonchev–Trinajstić information content (AvgIpc) is 3.10. The highest BCUT2D eigenvalue weighted by Gasteiger charge is 2.21. The Balaban J connectivity index is 1.60. The lowest BCUT2D eigenvalue weighted by molar-refractivity contribution is 0.157. The molecule has 1 aliphatic rings. The predicted molar refractivity (Wildman–Crippen MR) is 79.3 cm³/mol. The van der Waals surface area contributed by atoms with Gasteiger partial charge in [0.1, 0.15) is 12.6 Å². The largest absolute Gasteiger partial charge is 0.448 e. The Kier molecular flexibility index (Phi) is 3.95.